The number of hydrogen-bond acceptors (Lipinski definition) is 6. The van der Waals surface area contributed by atoms with Crippen LogP contribution in [0.15, 0.2) is 18.2 Å². The number of hydrogen-bond donors (Lipinski definition) is 3. The molecule has 1 rings (SSSR count). The van der Waals surface area contributed by atoms with Crippen LogP contribution in [0, 0.1) is 0 Å². The minimum absolute atomic E-state index is 0.0662. The van der Waals surface area contributed by atoms with Crippen molar-refractivity contribution in [1.82, 2.24) is 10.6 Å². The van der Waals surface area contributed by atoms with Crippen LogP contribution in [0.5, 0.6) is 11.5 Å². The summed E-state index contributed by atoms with van der Waals surface area (Å²) in [5, 5.41) is 14.6. The summed E-state index contributed by atoms with van der Waals surface area (Å²) in [6.07, 6.45) is 2.37. The van der Waals surface area contributed by atoms with Gasteiger partial charge in [-0.25, -0.2) is 4.79 Å². The van der Waals surface area contributed by atoms with Crippen molar-refractivity contribution in [2.75, 3.05) is 26.2 Å². The van der Waals surface area contributed by atoms with Gasteiger partial charge in [0.05, 0.1) is 14.2 Å². The van der Waals surface area contributed by atoms with Gasteiger partial charge in [0.2, 0.25) is 11.8 Å². The summed E-state index contributed by atoms with van der Waals surface area (Å²) in [5.74, 6) is -0.368. The maximum Gasteiger partial charge on any atom is 0.326 e. The topological polar surface area (TPSA) is 114 Å². The number of rotatable bonds is 11. The van der Waals surface area contributed by atoms with E-state index >= 15 is 0 Å². The molecule has 0 spiro atoms. The first kappa shape index (κ1) is 22.6. The van der Waals surface area contributed by atoms with Gasteiger partial charge in [0, 0.05) is 13.3 Å². The van der Waals surface area contributed by atoms with Crippen molar-refractivity contribution in [3.8, 4) is 11.5 Å². The second-order valence-electron chi connectivity index (χ2n) is 5.83. The van der Waals surface area contributed by atoms with Crippen molar-refractivity contribution in [2.45, 2.75) is 31.8 Å². The molecule has 27 heavy (non-hydrogen) atoms. The van der Waals surface area contributed by atoms with Crippen LogP contribution in [0.1, 0.15) is 18.9 Å². The van der Waals surface area contributed by atoms with Gasteiger partial charge in [0.1, 0.15) is 12.1 Å². The van der Waals surface area contributed by atoms with E-state index in [-0.39, 0.29) is 12.3 Å². The summed E-state index contributed by atoms with van der Waals surface area (Å²) >= 11 is 1.54. The molecule has 1 aromatic carbocycles. The van der Waals surface area contributed by atoms with Crippen LogP contribution in [-0.4, -0.2) is 61.2 Å². The van der Waals surface area contributed by atoms with E-state index in [0.717, 1.165) is 0 Å². The first-order valence-corrected chi connectivity index (χ1v) is 9.71. The highest BCUT2D eigenvalue weighted by Crippen LogP contribution is 2.28. The number of thioether (sulfide) groups is 1. The zero-order valence-electron chi connectivity index (χ0n) is 15.9. The van der Waals surface area contributed by atoms with Crippen LogP contribution in [0.4, 0.5) is 0 Å². The highest BCUT2D eigenvalue weighted by molar-refractivity contribution is 7.98. The third kappa shape index (κ3) is 7.38. The number of ether oxygens (including phenoxy) is 2. The molecular weight excluding hydrogens is 372 g/mol. The molecule has 0 radical (unpaired) electrons. The Labute approximate surface area is 163 Å². The lowest BCUT2D eigenvalue weighted by atomic mass is 10.0. The summed E-state index contributed by atoms with van der Waals surface area (Å²) in [6.45, 7) is 1.32. The maximum absolute atomic E-state index is 12.5. The lowest BCUT2D eigenvalue weighted by Gasteiger charge is -2.21. The molecule has 0 heterocycles. The molecule has 8 nitrogen and oxygen atoms in total. The molecular formula is C18H26N2O6S. The monoisotopic (exact) mass is 398 g/mol. The number of amides is 2. The number of benzene rings is 1. The summed E-state index contributed by atoms with van der Waals surface area (Å²) < 4.78 is 10.4. The van der Waals surface area contributed by atoms with E-state index in [1.165, 1.54) is 32.9 Å². The average Bonchev–Trinajstić information content (AvgIpc) is 2.63. The van der Waals surface area contributed by atoms with E-state index in [9.17, 15) is 19.5 Å². The fraction of sp³-hybridized carbons (Fsp3) is 0.500. The van der Waals surface area contributed by atoms with Crippen LogP contribution in [0.25, 0.3) is 0 Å². The molecule has 3 N–H and O–H groups in total. The standard InChI is InChI=1S/C18H26N2O6S/c1-11(21)19-13(7-8-27-4)17(22)20-14(18(23)24)9-12-5-6-15(25-2)16(10-12)26-3/h5-6,10,13-14H,7-9H2,1-4H3,(H,19,21)(H,20,22)(H,23,24)/t13-,14?/m0/s1. The van der Waals surface area contributed by atoms with Gasteiger partial charge in [-0.2, -0.15) is 11.8 Å². The molecule has 150 valence electrons. The Hall–Kier alpha value is -2.42. The molecule has 1 unspecified atom stereocenters. The summed E-state index contributed by atoms with van der Waals surface area (Å²) in [5.41, 5.74) is 0.667. The van der Waals surface area contributed by atoms with Crippen LogP contribution in [0.2, 0.25) is 0 Å². The predicted molar refractivity (Wildman–Crippen MR) is 103 cm³/mol. The number of carbonyl (C=O) groups is 3. The van der Waals surface area contributed by atoms with Gasteiger partial charge in [-0.05, 0) is 36.1 Å². The fourth-order valence-electron chi connectivity index (χ4n) is 2.47. The average molecular weight is 398 g/mol. The molecule has 9 heteroatoms. The molecule has 0 saturated carbocycles. The second-order valence-corrected chi connectivity index (χ2v) is 6.81. The molecule has 2 atom stereocenters. The van der Waals surface area contributed by atoms with Crippen LogP contribution >= 0.6 is 11.8 Å². The lowest BCUT2D eigenvalue weighted by molar-refractivity contribution is -0.142. The molecule has 0 bridgehead atoms. The van der Waals surface area contributed by atoms with Gasteiger partial charge >= 0.3 is 5.97 Å². The van der Waals surface area contributed by atoms with E-state index in [4.69, 9.17) is 9.47 Å². The van der Waals surface area contributed by atoms with Crippen molar-refractivity contribution in [3.05, 3.63) is 23.8 Å². The van der Waals surface area contributed by atoms with Crippen LogP contribution in [-0.2, 0) is 20.8 Å². The molecule has 0 aliphatic rings. The Balaban J connectivity index is 2.90. The van der Waals surface area contributed by atoms with E-state index in [1.807, 2.05) is 6.26 Å². The fourth-order valence-corrected chi connectivity index (χ4v) is 2.94. The number of nitrogens with one attached hydrogen (secondary N) is 2. The van der Waals surface area contributed by atoms with Gasteiger partial charge in [-0.15, -0.1) is 0 Å². The first-order valence-electron chi connectivity index (χ1n) is 8.32. The largest absolute Gasteiger partial charge is 0.493 e. The Morgan fingerprint density at radius 2 is 1.78 bits per heavy atom. The minimum Gasteiger partial charge on any atom is -0.493 e. The number of carboxylic acid groups (broad SMARTS) is 1. The normalized spacial score (nSPS) is 12.6. The van der Waals surface area contributed by atoms with E-state index < -0.39 is 24.0 Å². The van der Waals surface area contributed by atoms with Gasteiger partial charge in [-0.3, -0.25) is 9.59 Å². The summed E-state index contributed by atoms with van der Waals surface area (Å²) in [7, 11) is 3.00. The van der Waals surface area contributed by atoms with Gasteiger partial charge < -0.3 is 25.2 Å². The number of aliphatic carboxylic acids is 1. The maximum atomic E-state index is 12.5. The lowest BCUT2D eigenvalue weighted by Crippen LogP contribution is -2.52. The van der Waals surface area contributed by atoms with Gasteiger partial charge in [-0.1, -0.05) is 6.07 Å². The zero-order valence-corrected chi connectivity index (χ0v) is 16.7. The minimum atomic E-state index is -1.16. The third-order valence-electron chi connectivity index (χ3n) is 3.81. The Bertz CT molecular complexity index is 667. The SMILES string of the molecule is COc1ccc(CC(NC(=O)[C@H](CCSC)NC(C)=O)C(=O)O)cc1OC. The summed E-state index contributed by atoms with van der Waals surface area (Å²) in [4.78, 5) is 35.4. The third-order valence-corrected chi connectivity index (χ3v) is 4.45. The Morgan fingerprint density at radius 1 is 1.11 bits per heavy atom. The Kier molecular flexibility index (Phi) is 9.49. The van der Waals surface area contributed by atoms with Crippen molar-refractivity contribution < 1.29 is 29.0 Å². The zero-order chi connectivity index (χ0) is 20.4. The molecule has 0 aliphatic carbocycles. The van der Waals surface area contributed by atoms with Crippen molar-refractivity contribution >= 4 is 29.5 Å². The number of methoxy groups -OCH3 is 2. The number of carbonyl (C=O) groups excluding carboxylic acids is 2. The van der Waals surface area contributed by atoms with Crippen molar-refractivity contribution in [3.63, 3.8) is 0 Å². The van der Waals surface area contributed by atoms with Crippen molar-refractivity contribution in [2.24, 2.45) is 0 Å². The number of carboxylic acids is 1. The smallest absolute Gasteiger partial charge is 0.326 e. The van der Waals surface area contributed by atoms with E-state index in [2.05, 4.69) is 10.6 Å². The molecule has 0 saturated heterocycles. The highest BCUT2D eigenvalue weighted by Gasteiger charge is 2.26. The van der Waals surface area contributed by atoms with Crippen LogP contribution < -0.4 is 20.1 Å². The van der Waals surface area contributed by atoms with Gasteiger partial charge in [0.15, 0.2) is 11.5 Å². The Morgan fingerprint density at radius 3 is 2.30 bits per heavy atom. The van der Waals surface area contributed by atoms with Crippen molar-refractivity contribution in [1.29, 1.82) is 0 Å². The quantitative estimate of drug-likeness (QED) is 0.511. The second kappa shape index (κ2) is 11.3. The first-order chi connectivity index (χ1) is 12.8. The molecule has 0 fully saturated rings. The highest BCUT2D eigenvalue weighted by atomic mass is 32.2. The molecule has 2 amide bonds. The molecule has 0 aliphatic heterocycles. The van der Waals surface area contributed by atoms with Crippen LogP contribution in [0.3, 0.4) is 0 Å². The van der Waals surface area contributed by atoms with E-state index in [0.29, 0.717) is 29.2 Å². The molecule has 0 aromatic heterocycles. The van der Waals surface area contributed by atoms with Gasteiger partial charge in [0.25, 0.3) is 0 Å². The van der Waals surface area contributed by atoms with E-state index in [1.54, 1.807) is 18.2 Å². The summed E-state index contributed by atoms with van der Waals surface area (Å²) in [6, 6.07) is 3.14. The predicted octanol–water partition coefficient (Wildman–Crippen LogP) is 1.07. The molecule has 1 aromatic rings.